The number of benzene rings is 1. The normalized spacial score (nSPS) is 15.0. The van der Waals surface area contributed by atoms with Gasteiger partial charge in [-0.05, 0) is 50.8 Å². The van der Waals surface area contributed by atoms with Crippen molar-refractivity contribution in [2.45, 2.75) is 32.8 Å². The molecule has 0 aliphatic heterocycles. The third-order valence-electron chi connectivity index (χ3n) is 3.42. The Labute approximate surface area is 133 Å². The molecule has 2 N–H and O–H groups in total. The van der Waals surface area contributed by atoms with Crippen LogP contribution >= 0.6 is 12.4 Å². The van der Waals surface area contributed by atoms with Crippen LogP contribution in [-0.4, -0.2) is 31.6 Å². The zero-order valence-corrected chi connectivity index (χ0v) is 13.5. The lowest BCUT2D eigenvalue weighted by molar-refractivity contribution is -0.120. The molecule has 1 aliphatic rings. The maximum atomic E-state index is 11.6. The van der Waals surface area contributed by atoms with Crippen molar-refractivity contribution in [1.82, 2.24) is 10.6 Å². The van der Waals surface area contributed by atoms with E-state index in [9.17, 15) is 4.79 Å². The van der Waals surface area contributed by atoms with E-state index >= 15 is 0 Å². The lowest BCUT2D eigenvalue weighted by Gasteiger charge is -2.17. The van der Waals surface area contributed by atoms with Gasteiger partial charge in [-0.25, -0.2) is 0 Å². The van der Waals surface area contributed by atoms with Crippen LogP contribution in [0.25, 0.3) is 0 Å². The van der Waals surface area contributed by atoms with Gasteiger partial charge in [-0.2, -0.15) is 0 Å². The van der Waals surface area contributed by atoms with Crippen molar-refractivity contribution in [1.29, 1.82) is 0 Å². The minimum atomic E-state index is -0.0384. The van der Waals surface area contributed by atoms with Gasteiger partial charge in [-0.3, -0.25) is 4.79 Å². The molecular weight excluding hydrogens is 288 g/mol. The lowest BCUT2D eigenvalue weighted by Crippen LogP contribution is -2.39. The second-order valence-corrected chi connectivity index (χ2v) is 5.57. The van der Waals surface area contributed by atoms with Crippen LogP contribution in [0.4, 0.5) is 0 Å². The quantitative estimate of drug-likeness (QED) is 0.774. The van der Waals surface area contributed by atoms with Crippen molar-refractivity contribution in [3.63, 3.8) is 0 Å². The second-order valence-electron chi connectivity index (χ2n) is 5.57. The average Bonchev–Trinajstić information content (AvgIpc) is 3.23. The Balaban J connectivity index is 0.00000220. The molecule has 1 aromatic rings. The average molecular weight is 313 g/mol. The first-order chi connectivity index (χ1) is 9.65. The summed E-state index contributed by atoms with van der Waals surface area (Å²) in [5.41, 5.74) is 1.11. The highest BCUT2D eigenvalue weighted by Gasteiger charge is 2.20. The minimum Gasteiger partial charge on any atom is -0.489 e. The van der Waals surface area contributed by atoms with Crippen LogP contribution in [-0.2, 0) is 4.79 Å². The lowest BCUT2D eigenvalue weighted by atomic mass is 10.2. The molecule has 1 fully saturated rings. The van der Waals surface area contributed by atoms with Crippen LogP contribution in [0.1, 0.15) is 25.3 Å². The number of para-hydroxylation sites is 1. The Bertz CT molecular complexity index is 450. The van der Waals surface area contributed by atoms with Gasteiger partial charge in [0.25, 0.3) is 0 Å². The van der Waals surface area contributed by atoms with Gasteiger partial charge in [0.2, 0.25) is 5.91 Å². The Morgan fingerprint density at radius 3 is 2.76 bits per heavy atom. The number of ether oxygens (including phenoxy) is 1. The molecule has 0 heterocycles. The van der Waals surface area contributed by atoms with Crippen LogP contribution in [0.5, 0.6) is 5.75 Å². The molecule has 0 bridgehead atoms. The van der Waals surface area contributed by atoms with Gasteiger partial charge in [0.15, 0.2) is 0 Å². The highest BCUT2D eigenvalue weighted by molar-refractivity contribution is 5.85. The van der Waals surface area contributed by atoms with E-state index in [1.165, 1.54) is 12.8 Å². The smallest absolute Gasteiger partial charge is 0.234 e. The van der Waals surface area contributed by atoms with Gasteiger partial charge < -0.3 is 15.4 Å². The Hall–Kier alpha value is -1.26. The van der Waals surface area contributed by atoms with Crippen LogP contribution in [0.2, 0.25) is 0 Å². The van der Waals surface area contributed by atoms with Crippen LogP contribution < -0.4 is 15.4 Å². The molecule has 0 radical (unpaired) electrons. The molecule has 0 spiro atoms. The van der Waals surface area contributed by atoms with Crippen molar-refractivity contribution >= 4 is 18.3 Å². The van der Waals surface area contributed by atoms with E-state index in [0.29, 0.717) is 13.1 Å². The maximum Gasteiger partial charge on any atom is 0.234 e. The van der Waals surface area contributed by atoms with Crippen molar-refractivity contribution in [2.24, 2.45) is 5.92 Å². The van der Waals surface area contributed by atoms with E-state index in [4.69, 9.17) is 4.74 Å². The van der Waals surface area contributed by atoms with E-state index in [-0.39, 0.29) is 24.4 Å². The van der Waals surface area contributed by atoms with Gasteiger partial charge in [-0.1, -0.05) is 18.2 Å². The summed E-state index contributed by atoms with van der Waals surface area (Å²) < 4.78 is 5.81. The molecule has 1 atom stereocenters. The van der Waals surface area contributed by atoms with E-state index in [1.807, 2.05) is 38.1 Å². The van der Waals surface area contributed by atoms with Gasteiger partial charge in [0.05, 0.1) is 13.1 Å². The van der Waals surface area contributed by atoms with Crippen LogP contribution in [0.15, 0.2) is 24.3 Å². The summed E-state index contributed by atoms with van der Waals surface area (Å²) in [6.07, 6.45) is 2.56. The van der Waals surface area contributed by atoms with E-state index < -0.39 is 0 Å². The summed E-state index contributed by atoms with van der Waals surface area (Å²) >= 11 is 0. The van der Waals surface area contributed by atoms with Crippen LogP contribution in [0, 0.1) is 12.8 Å². The predicted molar refractivity (Wildman–Crippen MR) is 87.1 cm³/mol. The molecule has 1 aromatic carbocycles. The van der Waals surface area contributed by atoms with Gasteiger partial charge >= 0.3 is 0 Å². The number of hydrogen-bond donors (Lipinski definition) is 2. The first kappa shape index (κ1) is 17.8. The zero-order valence-electron chi connectivity index (χ0n) is 12.7. The number of rotatable bonds is 8. The number of hydrogen-bond acceptors (Lipinski definition) is 3. The van der Waals surface area contributed by atoms with E-state index in [0.717, 1.165) is 23.8 Å². The minimum absolute atomic E-state index is 0. The van der Waals surface area contributed by atoms with Gasteiger partial charge in [-0.15, -0.1) is 12.4 Å². The molecule has 5 heteroatoms. The SMILES string of the molecule is Cc1ccccc1OC(C)CNC(=O)CNCC1CC1.Cl. The molecule has 21 heavy (non-hydrogen) atoms. The molecule has 1 saturated carbocycles. The molecule has 118 valence electrons. The number of aryl methyl sites for hydroxylation is 1. The predicted octanol–water partition coefficient (Wildman–Crippen LogP) is 2.30. The zero-order chi connectivity index (χ0) is 14.4. The number of carbonyl (C=O) groups excluding carboxylic acids is 1. The summed E-state index contributed by atoms with van der Waals surface area (Å²) in [6, 6.07) is 7.91. The Kier molecular flexibility index (Phi) is 7.54. The van der Waals surface area contributed by atoms with E-state index in [1.54, 1.807) is 0 Å². The van der Waals surface area contributed by atoms with Crippen molar-refractivity contribution in [3.8, 4) is 5.75 Å². The Morgan fingerprint density at radius 1 is 1.38 bits per heavy atom. The fraction of sp³-hybridized carbons (Fsp3) is 0.562. The summed E-state index contributed by atoms with van der Waals surface area (Å²) in [4.78, 5) is 11.6. The van der Waals surface area contributed by atoms with Crippen molar-refractivity contribution < 1.29 is 9.53 Å². The topological polar surface area (TPSA) is 50.4 Å². The number of nitrogens with one attached hydrogen (secondary N) is 2. The molecule has 4 nitrogen and oxygen atoms in total. The molecule has 2 rings (SSSR count). The summed E-state index contributed by atoms with van der Waals surface area (Å²) in [7, 11) is 0. The van der Waals surface area contributed by atoms with Crippen molar-refractivity contribution in [3.05, 3.63) is 29.8 Å². The monoisotopic (exact) mass is 312 g/mol. The highest BCUT2D eigenvalue weighted by Crippen LogP contribution is 2.27. The fourth-order valence-corrected chi connectivity index (χ4v) is 1.98. The molecule has 0 saturated heterocycles. The largest absolute Gasteiger partial charge is 0.489 e. The van der Waals surface area contributed by atoms with Crippen LogP contribution in [0.3, 0.4) is 0 Å². The second kappa shape index (κ2) is 8.90. The highest BCUT2D eigenvalue weighted by atomic mass is 35.5. The summed E-state index contributed by atoms with van der Waals surface area (Å²) in [5, 5.41) is 6.07. The van der Waals surface area contributed by atoms with Gasteiger partial charge in [0, 0.05) is 0 Å². The fourth-order valence-electron chi connectivity index (χ4n) is 1.98. The molecule has 1 amide bonds. The first-order valence-electron chi connectivity index (χ1n) is 7.35. The van der Waals surface area contributed by atoms with Crippen molar-refractivity contribution in [2.75, 3.05) is 19.6 Å². The number of halogens is 1. The summed E-state index contributed by atoms with van der Waals surface area (Å²) in [6.45, 7) is 5.86. The Morgan fingerprint density at radius 2 is 2.10 bits per heavy atom. The maximum absolute atomic E-state index is 11.6. The third kappa shape index (κ3) is 6.82. The molecule has 0 aromatic heterocycles. The third-order valence-corrected chi connectivity index (χ3v) is 3.42. The first-order valence-corrected chi connectivity index (χ1v) is 7.35. The molecule has 1 aliphatic carbocycles. The molecular formula is C16H25ClN2O2. The molecule has 1 unspecified atom stereocenters. The summed E-state index contributed by atoms with van der Waals surface area (Å²) in [5.74, 6) is 1.71. The van der Waals surface area contributed by atoms with Gasteiger partial charge in [0.1, 0.15) is 11.9 Å². The standard InChI is InChI=1S/C16H24N2O2.ClH/c1-12-5-3-4-6-15(12)20-13(2)9-18-16(19)11-17-10-14-7-8-14;/h3-6,13-14,17H,7-11H2,1-2H3,(H,18,19);1H. The van der Waals surface area contributed by atoms with E-state index in [2.05, 4.69) is 10.6 Å². The number of amides is 1. The number of carbonyl (C=O) groups is 1.